The van der Waals surface area contributed by atoms with Crippen LogP contribution >= 0.6 is 0 Å². The Hall–Kier alpha value is -2.02. The van der Waals surface area contributed by atoms with Crippen LogP contribution in [-0.4, -0.2) is 6.10 Å². The van der Waals surface area contributed by atoms with Gasteiger partial charge in [0.25, 0.3) is 0 Å². The first-order valence-corrected chi connectivity index (χ1v) is 5.75. The van der Waals surface area contributed by atoms with Gasteiger partial charge in [-0.25, -0.2) is 0 Å². The Bertz CT molecular complexity index is 488. The van der Waals surface area contributed by atoms with Crippen molar-refractivity contribution in [3.05, 3.63) is 67.3 Å². The number of rotatable bonds is 4. The van der Waals surface area contributed by atoms with Gasteiger partial charge in [0.1, 0.15) is 11.9 Å². The normalized spacial score (nSPS) is 11.8. The third-order valence-electron chi connectivity index (χ3n) is 2.62. The molecule has 0 bridgehead atoms. The van der Waals surface area contributed by atoms with Crippen molar-refractivity contribution in [2.24, 2.45) is 0 Å². The lowest BCUT2D eigenvalue weighted by atomic mass is 10.0. The van der Waals surface area contributed by atoms with Crippen molar-refractivity contribution < 1.29 is 4.74 Å². The van der Waals surface area contributed by atoms with E-state index in [0.29, 0.717) is 0 Å². The second-order valence-electron chi connectivity index (χ2n) is 3.92. The van der Waals surface area contributed by atoms with Crippen LogP contribution in [0, 0.1) is 0 Å². The third kappa shape index (κ3) is 2.76. The minimum atomic E-state index is 0.0138. The standard InChI is InChI=1S/C16H16O/c1-3-13(2)17-16-12-8-7-11-15(16)14-9-5-4-6-10-14/h3-13H,1H2,2H3. The van der Waals surface area contributed by atoms with E-state index >= 15 is 0 Å². The summed E-state index contributed by atoms with van der Waals surface area (Å²) in [5.74, 6) is 0.895. The molecule has 0 aliphatic heterocycles. The molecule has 0 aromatic heterocycles. The minimum Gasteiger partial charge on any atom is -0.486 e. The average Bonchev–Trinajstić information content (AvgIpc) is 2.40. The van der Waals surface area contributed by atoms with Crippen molar-refractivity contribution in [1.82, 2.24) is 0 Å². The van der Waals surface area contributed by atoms with Crippen LogP contribution in [0.15, 0.2) is 67.3 Å². The fraction of sp³-hybridized carbons (Fsp3) is 0.125. The molecule has 1 heteroatoms. The van der Waals surface area contributed by atoms with Gasteiger partial charge in [-0.1, -0.05) is 61.2 Å². The van der Waals surface area contributed by atoms with Crippen LogP contribution in [0.1, 0.15) is 6.92 Å². The van der Waals surface area contributed by atoms with Crippen LogP contribution in [0.3, 0.4) is 0 Å². The minimum absolute atomic E-state index is 0.0138. The summed E-state index contributed by atoms with van der Waals surface area (Å²) in [5.41, 5.74) is 2.28. The lowest BCUT2D eigenvalue weighted by Crippen LogP contribution is -2.07. The first-order chi connectivity index (χ1) is 8.31. The highest BCUT2D eigenvalue weighted by molar-refractivity contribution is 5.70. The van der Waals surface area contributed by atoms with E-state index < -0.39 is 0 Å². The van der Waals surface area contributed by atoms with E-state index in [4.69, 9.17) is 4.74 Å². The molecule has 0 saturated carbocycles. The van der Waals surface area contributed by atoms with Gasteiger partial charge in [-0.05, 0) is 18.6 Å². The van der Waals surface area contributed by atoms with Gasteiger partial charge in [-0.15, -0.1) is 0 Å². The predicted octanol–water partition coefficient (Wildman–Crippen LogP) is 4.31. The fourth-order valence-corrected chi connectivity index (χ4v) is 1.67. The molecule has 0 aliphatic carbocycles. The summed E-state index contributed by atoms with van der Waals surface area (Å²) < 4.78 is 5.83. The van der Waals surface area contributed by atoms with Crippen LogP contribution in [0.5, 0.6) is 5.75 Å². The molecule has 0 amide bonds. The summed E-state index contributed by atoms with van der Waals surface area (Å²) >= 11 is 0. The second-order valence-corrected chi connectivity index (χ2v) is 3.92. The first-order valence-electron chi connectivity index (χ1n) is 5.75. The van der Waals surface area contributed by atoms with Gasteiger partial charge >= 0.3 is 0 Å². The van der Waals surface area contributed by atoms with Crippen molar-refractivity contribution in [2.45, 2.75) is 13.0 Å². The summed E-state index contributed by atoms with van der Waals surface area (Å²) in [7, 11) is 0. The molecule has 17 heavy (non-hydrogen) atoms. The maximum atomic E-state index is 5.83. The molecule has 0 radical (unpaired) electrons. The summed E-state index contributed by atoms with van der Waals surface area (Å²) in [6, 6.07) is 18.3. The number of benzene rings is 2. The highest BCUT2D eigenvalue weighted by atomic mass is 16.5. The van der Waals surface area contributed by atoms with E-state index in [1.807, 2.05) is 43.3 Å². The highest BCUT2D eigenvalue weighted by Crippen LogP contribution is 2.30. The third-order valence-corrected chi connectivity index (χ3v) is 2.62. The summed E-state index contributed by atoms with van der Waals surface area (Å²) in [6.07, 6.45) is 1.81. The maximum absolute atomic E-state index is 5.83. The molecule has 2 rings (SSSR count). The van der Waals surface area contributed by atoms with E-state index in [1.165, 1.54) is 5.56 Å². The van der Waals surface area contributed by atoms with Crippen molar-refractivity contribution in [3.8, 4) is 16.9 Å². The number of hydrogen-bond donors (Lipinski definition) is 0. The Morgan fingerprint density at radius 1 is 1.00 bits per heavy atom. The van der Waals surface area contributed by atoms with E-state index in [-0.39, 0.29) is 6.10 Å². The van der Waals surface area contributed by atoms with Crippen LogP contribution in [0.2, 0.25) is 0 Å². The Kier molecular flexibility index (Phi) is 3.61. The predicted molar refractivity (Wildman–Crippen MR) is 72.2 cm³/mol. The van der Waals surface area contributed by atoms with Crippen molar-refractivity contribution in [2.75, 3.05) is 0 Å². The van der Waals surface area contributed by atoms with E-state index in [2.05, 4.69) is 24.8 Å². The van der Waals surface area contributed by atoms with Crippen LogP contribution in [-0.2, 0) is 0 Å². The van der Waals surface area contributed by atoms with Crippen molar-refractivity contribution >= 4 is 0 Å². The van der Waals surface area contributed by atoms with E-state index in [9.17, 15) is 0 Å². The van der Waals surface area contributed by atoms with Gasteiger partial charge < -0.3 is 4.74 Å². The Morgan fingerprint density at radius 2 is 1.65 bits per heavy atom. The van der Waals surface area contributed by atoms with Gasteiger partial charge in [-0.3, -0.25) is 0 Å². The largest absolute Gasteiger partial charge is 0.486 e. The molecule has 1 atom stereocenters. The van der Waals surface area contributed by atoms with Crippen molar-refractivity contribution in [1.29, 1.82) is 0 Å². The molecule has 0 fully saturated rings. The van der Waals surface area contributed by atoms with Crippen molar-refractivity contribution in [3.63, 3.8) is 0 Å². The summed E-state index contributed by atoms with van der Waals surface area (Å²) in [5, 5.41) is 0. The second kappa shape index (κ2) is 5.35. The number of hydrogen-bond acceptors (Lipinski definition) is 1. The van der Waals surface area contributed by atoms with Gasteiger partial charge in [0.15, 0.2) is 0 Å². The maximum Gasteiger partial charge on any atom is 0.128 e. The molecular weight excluding hydrogens is 208 g/mol. The van der Waals surface area contributed by atoms with Gasteiger partial charge in [0.2, 0.25) is 0 Å². The molecule has 0 N–H and O–H groups in total. The molecule has 86 valence electrons. The van der Waals surface area contributed by atoms with E-state index in [1.54, 1.807) is 6.08 Å². The fourth-order valence-electron chi connectivity index (χ4n) is 1.67. The molecule has 0 spiro atoms. The lowest BCUT2D eigenvalue weighted by molar-refractivity contribution is 0.271. The van der Waals surface area contributed by atoms with Gasteiger partial charge in [0, 0.05) is 5.56 Å². The summed E-state index contributed by atoms with van der Waals surface area (Å²) in [4.78, 5) is 0. The number of para-hydroxylation sites is 1. The van der Waals surface area contributed by atoms with Crippen LogP contribution in [0.25, 0.3) is 11.1 Å². The zero-order valence-electron chi connectivity index (χ0n) is 9.97. The monoisotopic (exact) mass is 224 g/mol. The van der Waals surface area contributed by atoms with Crippen LogP contribution in [0.4, 0.5) is 0 Å². The molecule has 1 nitrogen and oxygen atoms in total. The Labute approximate surface area is 102 Å². The first kappa shape index (κ1) is 11.5. The Morgan fingerprint density at radius 3 is 2.35 bits per heavy atom. The smallest absolute Gasteiger partial charge is 0.128 e. The molecule has 2 aromatic rings. The topological polar surface area (TPSA) is 9.23 Å². The molecule has 2 aromatic carbocycles. The molecule has 0 saturated heterocycles. The molecular formula is C16H16O. The average molecular weight is 224 g/mol. The molecule has 0 aliphatic rings. The Balaban J connectivity index is 2.37. The van der Waals surface area contributed by atoms with E-state index in [0.717, 1.165) is 11.3 Å². The zero-order chi connectivity index (χ0) is 12.1. The van der Waals surface area contributed by atoms with Gasteiger partial charge in [-0.2, -0.15) is 0 Å². The van der Waals surface area contributed by atoms with Crippen LogP contribution < -0.4 is 4.74 Å². The lowest BCUT2D eigenvalue weighted by Gasteiger charge is -2.14. The van der Waals surface area contributed by atoms with Gasteiger partial charge in [0.05, 0.1) is 0 Å². The number of ether oxygens (including phenoxy) is 1. The molecule has 0 heterocycles. The zero-order valence-corrected chi connectivity index (χ0v) is 9.97. The molecule has 1 unspecified atom stereocenters. The summed E-state index contributed by atoms with van der Waals surface area (Å²) in [6.45, 7) is 5.72. The SMILES string of the molecule is C=CC(C)Oc1ccccc1-c1ccccc1. The highest BCUT2D eigenvalue weighted by Gasteiger charge is 2.06. The quantitative estimate of drug-likeness (QED) is 0.703.